The number of aryl methyl sites for hydroxylation is 1. The van der Waals surface area contributed by atoms with Crippen molar-refractivity contribution in [1.29, 1.82) is 0 Å². The molecule has 0 unspecified atom stereocenters. The van der Waals surface area contributed by atoms with Crippen molar-refractivity contribution in [3.8, 4) is 11.3 Å². The molecule has 1 aliphatic rings. The van der Waals surface area contributed by atoms with Gasteiger partial charge in [-0.3, -0.25) is 14.9 Å². The molecule has 0 radical (unpaired) electrons. The normalized spacial score (nSPS) is 12.8. The van der Waals surface area contributed by atoms with E-state index in [0.29, 0.717) is 5.56 Å². The number of fused-ring (bicyclic) bond motifs is 1. The second-order valence-electron chi connectivity index (χ2n) is 6.91. The van der Waals surface area contributed by atoms with Crippen molar-refractivity contribution in [1.82, 2.24) is 4.57 Å². The van der Waals surface area contributed by atoms with Crippen LogP contribution in [0.5, 0.6) is 0 Å². The molecule has 2 aromatic carbocycles. The van der Waals surface area contributed by atoms with Gasteiger partial charge in [-0.05, 0) is 25.5 Å². The van der Waals surface area contributed by atoms with Crippen LogP contribution in [0.4, 0.5) is 5.69 Å². The lowest BCUT2D eigenvalue weighted by Gasteiger charge is -2.00. The smallest absolute Gasteiger partial charge is 0.269 e. The van der Waals surface area contributed by atoms with Crippen LogP contribution in [0.15, 0.2) is 54.7 Å². The van der Waals surface area contributed by atoms with Gasteiger partial charge >= 0.3 is 0 Å². The number of imidazole rings is 1. The predicted molar refractivity (Wildman–Crippen MR) is 101 cm³/mol. The van der Waals surface area contributed by atoms with Crippen LogP contribution in [0.3, 0.4) is 0 Å². The van der Waals surface area contributed by atoms with Crippen LogP contribution in [0.2, 0.25) is 0 Å². The molecular formula is C21H20N3O3+. The van der Waals surface area contributed by atoms with E-state index in [4.69, 9.17) is 0 Å². The molecule has 0 saturated carbocycles. The van der Waals surface area contributed by atoms with E-state index >= 15 is 0 Å². The summed E-state index contributed by atoms with van der Waals surface area (Å²) in [5, 5.41) is 10.8. The van der Waals surface area contributed by atoms with Crippen LogP contribution < -0.4 is 4.57 Å². The average molecular weight is 362 g/mol. The molecular weight excluding hydrogens is 342 g/mol. The standard InChI is InChI=1S/C21H20N3O3/c1-15-4-6-16(7-5-15)19-13-22(21-3-2-12-23(19)21)14-20(25)17-8-10-18(11-9-17)24(26)27/h4-11,13H,2-3,12,14H2,1H3/q+1. The minimum Gasteiger partial charge on any atom is -0.290 e. The van der Waals surface area contributed by atoms with Crippen molar-refractivity contribution in [3.63, 3.8) is 0 Å². The van der Waals surface area contributed by atoms with E-state index in [2.05, 4.69) is 35.8 Å². The Morgan fingerprint density at radius 2 is 1.85 bits per heavy atom. The Morgan fingerprint density at radius 3 is 2.52 bits per heavy atom. The first kappa shape index (κ1) is 17.1. The van der Waals surface area contributed by atoms with Crippen molar-refractivity contribution in [2.75, 3.05) is 0 Å². The fraction of sp³-hybridized carbons (Fsp3) is 0.238. The number of hydrogen-bond donors (Lipinski definition) is 0. The Hall–Kier alpha value is -3.28. The van der Waals surface area contributed by atoms with Crippen LogP contribution in [-0.2, 0) is 19.5 Å². The van der Waals surface area contributed by atoms with Crippen molar-refractivity contribution in [3.05, 3.63) is 81.8 Å². The summed E-state index contributed by atoms with van der Waals surface area (Å²) in [4.78, 5) is 23.0. The minimum absolute atomic E-state index is 0.00869. The number of nitro benzene ring substituents is 1. The lowest BCUT2D eigenvalue weighted by molar-refractivity contribution is -0.689. The molecule has 0 bridgehead atoms. The van der Waals surface area contributed by atoms with Crippen LogP contribution >= 0.6 is 0 Å². The summed E-state index contributed by atoms with van der Waals surface area (Å²) in [6.45, 7) is 3.26. The molecule has 0 aliphatic carbocycles. The van der Waals surface area contributed by atoms with Crippen molar-refractivity contribution in [2.24, 2.45) is 0 Å². The van der Waals surface area contributed by atoms with Gasteiger partial charge in [-0.1, -0.05) is 29.8 Å². The first-order valence-electron chi connectivity index (χ1n) is 8.99. The highest BCUT2D eigenvalue weighted by Gasteiger charge is 2.29. The number of rotatable bonds is 5. The predicted octanol–water partition coefficient (Wildman–Crippen LogP) is 3.49. The van der Waals surface area contributed by atoms with Gasteiger partial charge in [0.15, 0.2) is 12.2 Å². The van der Waals surface area contributed by atoms with Gasteiger partial charge in [0.1, 0.15) is 6.20 Å². The molecule has 6 heteroatoms. The van der Waals surface area contributed by atoms with E-state index in [0.717, 1.165) is 36.5 Å². The highest BCUT2D eigenvalue weighted by Crippen LogP contribution is 2.25. The largest absolute Gasteiger partial charge is 0.290 e. The van der Waals surface area contributed by atoms with Crippen LogP contribution in [0.25, 0.3) is 11.3 Å². The number of non-ortho nitro benzene ring substituents is 1. The van der Waals surface area contributed by atoms with Crippen LogP contribution in [-0.4, -0.2) is 15.3 Å². The van der Waals surface area contributed by atoms with Gasteiger partial charge in [0.2, 0.25) is 5.78 Å². The molecule has 0 spiro atoms. The number of nitro groups is 1. The molecule has 27 heavy (non-hydrogen) atoms. The van der Waals surface area contributed by atoms with E-state index in [1.165, 1.54) is 29.8 Å². The summed E-state index contributed by atoms with van der Waals surface area (Å²) in [5.41, 5.74) is 3.96. The second kappa shape index (κ2) is 6.79. The average Bonchev–Trinajstić information content (AvgIpc) is 3.26. The number of hydrogen-bond acceptors (Lipinski definition) is 3. The first-order chi connectivity index (χ1) is 13.0. The molecule has 6 nitrogen and oxygen atoms in total. The number of benzene rings is 2. The van der Waals surface area contributed by atoms with Gasteiger partial charge in [0, 0.05) is 23.3 Å². The number of carbonyl (C=O) groups excluding carboxylic acids is 1. The molecule has 0 saturated heterocycles. The Morgan fingerprint density at radius 1 is 1.15 bits per heavy atom. The zero-order valence-electron chi connectivity index (χ0n) is 15.1. The van der Waals surface area contributed by atoms with E-state index in [1.54, 1.807) is 0 Å². The molecule has 0 atom stereocenters. The number of carbonyl (C=O) groups is 1. The van der Waals surface area contributed by atoms with E-state index < -0.39 is 4.92 Å². The number of ketones is 1. The van der Waals surface area contributed by atoms with Crippen molar-refractivity contribution < 1.29 is 14.3 Å². The third-order valence-corrected chi connectivity index (χ3v) is 5.06. The Bertz CT molecular complexity index is 1020. The molecule has 4 rings (SSSR count). The summed E-state index contributed by atoms with van der Waals surface area (Å²) in [6.07, 6.45) is 4.06. The summed E-state index contributed by atoms with van der Waals surface area (Å²) in [5.74, 6) is 1.10. The molecule has 0 amide bonds. The van der Waals surface area contributed by atoms with Gasteiger partial charge in [-0.2, -0.15) is 0 Å². The van der Waals surface area contributed by atoms with E-state index in [1.807, 2.05) is 10.8 Å². The highest BCUT2D eigenvalue weighted by molar-refractivity contribution is 5.95. The van der Waals surface area contributed by atoms with Gasteiger partial charge in [0.25, 0.3) is 11.5 Å². The topological polar surface area (TPSA) is 69.0 Å². The van der Waals surface area contributed by atoms with Crippen LogP contribution in [0.1, 0.15) is 28.2 Å². The fourth-order valence-electron chi connectivity index (χ4n) is 3.62. The lowest BCUT2D eigenvalue weighted by atomic mass is 10.1. The van der Waals surface area contributed by atoms with Gasteiger partial charge in [-0.25, -0.2) is 9.13 Å². The highest BCUT2D eigenvalue weighted by atomic mass is 16.6. The molecule has 3 aromatic rings. The maximum Gasteiger partial charge on any atom is 0.269 e. The maximum atomic E-state index is 12.7. The Kier molecular flexibility index (Phi) is 4.32. The van der Waals surface area contributed by atoms with Gasteiger partial charge in [-0.15, -0.1) is 0 Å². The third-order valence-electron chi connectivity index (χ3n) is 5.06. The minimum atomic E-state index is -0.461. The number of nitrogens with zero attached hydrogens (tertiary/aromatic N) is 3. The van der Waals surface area contributed by atoms with E-state index in [-0.39, 0.29) is 18.0 Å². The quantitative estimate of drug-likeness (QED) is 0.302. The summed E-state index contributed by atoms with van der Waals surface area (Å²) in [7, 11) is 0. The van der Waals surface area contributed by atoms with Gasteiger partial charge < -0.3 is 0 Å². The summed E-state index contributed by atoms with van der Waals surface area (Å²) >= 11 is 0. The fourth-order valence-corrected chi connectivity index (χ4v) is 3.62. The SMILES string of the molecule is Cc1ccc(-c2c[n+](CC(=O)c3ccc([N+](=O)[O-])cc3)c3n2CCC3)cc1. The lowest BCUT2D eigenvalue weighted by Crippen LogP contribution is -2.40. The van der Waals surface area contributed by atoms with Crippen molar-refractivity contribution in [2.45, 2.75) is 32.9 Å². The molecule has 136 valence electrons. The molecule has 0 N–H and O–H groups in total. The molecule has 1 aliphatic heterocycles. The van der Waals surface area contributed by atoms with Gasteiger partial charge in [0.05, 0.1) is 17.9 Å². The zero-order valence-corrected chi connectivity index (χ0v) is 15.1. The second-order valence-corrected chi connectivity index (χ2v) is 6.91. The Labute approximate surface area is 156 Å². The number of aromatic nitrogens is 2. The third kappa shape index (κ3) is 3.26. The monoisotopic (exact) mass is 362 g/mol. The first-order valence-corrected chi connectivity index (χ1v) is 8.99. The maximum absolute atomic E-state index is 12.7. The van der Waals surface area contributed by atoms with Crippen LogP contribution in [0, 0.1) is 17.0 Å². The molecule has 0 fully saturated rings. The number of Topliss-reactive ketones (excluding diaryl/α,β-unsaturated/α-hetero) is 1. The molecule has 2 heterocycles. The summed E-state index contributed by atoms with van der Waals surface area (Å²) in [6, 6.07) is 14.2. The van der Waals surface area contributed by atoms with E-state index in [9.17, 15) is 14.9 Å². The van der Waals surface area contributed by atoms with Crippen molar-refractivity contribution >= 4 is 11.5 Å². The molecule has 1 aromatic heterocycles. The Balaban J connectivity index is 1.62. The summed E-state index contributed by atoms with van der Waals surface area (Å²) < 4.78 is 4.31. The zero-order chi connectivity index (χ0) is 19.0.